The minimum absolute atomic E-state index is 0.734. The number of methoxy groups -OCH3 is 2. The van der Waals surface area contributed by atoms with Gasteiger partial charge in [-0.1, -0.05) is 30.3 Å². The molecule has 0 aliphatic carbocycles. The molecule has 0 heterocycles. The van der Waals surface area contributed by atoms with E-state index in [-0.39, 0.29) is 0 Å². The first-order valence-electron chi connectivity index (χ1n) is 5.04. The molecular weight excluding hydrogens is 200 g/mol. The summed E-state index contributed by atoms with van der Waals surface area (Å²) in [5.74, 6) is 1.47. The molecule has 16 heavy (non-hydrogen) atoms. The molecule has 2 rings (SSSR count). The maximum Gasteiger partial charge on any atom is 0.161 e. The van der Waals surface area contributed by atoms with E-state index in [0.717, 1.165) is 22.6 Å². The molecule has 2 aromatic carbocycles. The van der Waals surface area contributed by atoms with Crippen LogP contribution >= 0.6 is 0 Å². The maximum atomic E-state index is 5.26. The summed E-state index contributed by atoms with van der Waals surface area (Å²) >= 11 is 0. The van der Waals surface area contributed by atoms with Gasteiger partial charge in [0, 0.05) is 0 Å². The van der Waals surface area contributed by atoms with E-state index in [1.807, 2.05) is 42.5 Å². The molecule has 0 N–H and O–H groups in total. The number of benzene rings is 2. The number of rotatable bonds is 3. The van der Waals surface area contributed by atoms with Crippen molar-refractivity contribution in [2.75, 3.05) is 14.2 Å². The Morgan fingerprint density at radius 1 is 0.938 bits per heavy atom. The maximum absolute atomic E-state index is 5.26. The third-order valence-corrected chi connectivity index (χ3v) is 2.40. The summed E-state index contributed by atoms with van der Waals surface area (Å²) in [6.45, 7) is 0. The average molecular weight is 213 g/mol. The number of ether oxygens (including phenoxy) is 2. The zero-order valence-corrected chi connectivity index (χ0v) is 9.36. The average Bonchev–Trinajstić information content (AvgIpc) is 2.39. The van der Waals surface area contributed by atoms with Crippen LogP contribution in [0.4, 0.5) is 0 Å². The summed E-state index contributed by atoms with van der Waals surface area (Å²) in [7, 11) is 3.27. The van der Waals surface area contributed by atoms with Crippen molar-refractivity contribution in [1.82, 2.24) is 0 Å². The zero-order chi connectivity index (χ0) is 11.4. The van der Waals surface area contributed by atoms with Gasteiger partial charge in [-0.05, 0) is 29.3 Å². The van der Waals surface area contributed by atoms with E-state index in [1.54, 1.807) is 14.2 Å². The number of hydrogen-bond acceptors (Lipinski definition) is 2. The van der Waals surface area contributed by atoms with Gasteiger partial charge in [-0.25, -0.2) is 0 Å². The molecule has 2 aromatic rings. The Kier molecular flexibility index (Phi) is 3.10. The fourth-order valence-corrected chi connectivity index (χ4v) is 1.58. The first-order chi connectivity index (χ1) is 7.85. The largest absolute Gasteiger partial charge is 0.493 e. The first kappa shape index (κ1) is 10.6. The van der Waals surface area contributed by atoms with Gasteiger partial charge < -0.3 is 9.47 Å². The van der Waals surface area contributed by atoms with Crippen molar-refractivity contribution in [3.8, 4) is 22.6 Å². The number of hydrogen-bond donors (Lipinski definition) is 0. The second-order valence-corrected chi connectivity index (χ2v) is 3.35. The normalized spacial score (nSPS) is 9.88. The molecule has 0 fully saturated rings. The van der Waals surface area contributed by atoms with Crippen molar-refractivity contribution in [3.05, 3.63) is 48.5 Å². The molecule has 1 radical (unpaired) electrons. The lowest BCUT2D eigenvalue weighted by Crippen LogP contribution is -1.90. The van der Waals surface area contributed by atoms with Crippen molar-refractivity contribution in [2.45, 2.75) is 0 Å². The highest BCUT2D eigenvalue weighted by Gasteiger charge is 2.05. The van der Waals surface area contributed by atoms with E-state index in [4.69, 9.17) is 9.47 Å². The summed E-state index contributed by atoms with van der Waals surface area (Å²) in [5, 5.41) is 0. The summed E-state index contributed by atoms with van der Waals surface area (Å²) in [6, 6.07) is 16.9. The summed E-state index contributed by atoms with van der Waals surface area (Å²) < 4.78 is 10.5. The molecule has 0 unspecified atom stereocenters. The van der Waals surface area contributed by atoms with Gasteiger partial charge in [-0.15, -0.1) is 0 Å². The van der Waals surface area contributed by atoms with Gasteiger partial charge in [0.1, 0.15) is 0 Å². The fraction of sp³-hybridized carbons (Fsp3) is 0.143. The Bertz CT molecular complexity index is 463. The lowest BCUT2D eigenvalue weighted by atomic mass is 10.1. The Labute approximate surface area is 95.4 Å². The van der Waals surface area contributed by atoms with Crippen LogP contribution in [0.2, 0.25) is 0 Å². The molecule has 0 spiro atoms. The lowest BCUT2D eigenvalue weighted by molar-refractivity contribution is 0.355. The van der Waals surface area contributed by atoms with E-state index in [0.29, 0.717) is 0 Å². The van der Waals surface area contributed by atoms with E-state index in [9.17, 15) is 0 Å². The smallest absolute Gasteiger partial charge is 0.161 e. The van der Waals surface area contributed by atoms with E-state index in [1.165, 1.54) is 0 Å². The van der Waals surface area contributed by atoms with Crippen LogP contribution in [-0.2, 0) is 0 Å². The minimum atomic E-state index is 0.734. The third kappa shape index (κ3) is 2.01. The standard InChI is InChI=1S/C14H13O2/c1-15-13-9-8-12(10-14(13)16-2)11-6-4-3-5-7-11/h3-6,8-10H,1-2H3. The van der Waals surface area contributed by atoms with Gasteiger partial charge in [0.2, 0.25) is 0 Å². The van der Waals surface area contributed by atoms with Crippen LogP contribution in [0.5, 0.6) is 11.5 Å². The molecule has 0 aliphatic heterocycles. The predicted molar refractivity (Wildman–Crippen MR) is 63.8 cm³/mol. The second kappa shape index (κ2) is 4.71. The highest BCUT2D eigenvalue weighted by atomic mass is 16.5. The van der Waals surface area contributed by atoms with Gasteiger partial charge >= 0.3 is 0 Å². The lowest BCUT2D eigenvalue weighted by Gasteiger charge is -2.09. The minimum Gasteiger partial charge on any atom is -0.493 e. The van der Waals surface area contributed by atoms with Crippen molar-refractivity contribution >= 4 is 0 Å². The highest BCUT2D eigenvalue weighted by molar-refractivity contribution is 5.66. The molecule has 81 valence electrons. The highest BCUT2D eigenvalue weighted by Crippen LogP contribution is 2.31. The topological polar surface area (TPSA) is 18.5 Å². The Morgan fingerprint density at radius 2 is 1.75 bits per heavy atom. The van der Waals surface area contributed by atoms with Gasteiger partial charge in [0.25, 0.3) is 0 Å². The van der Waals surface area contributed by atoms with Gasteiger partial charge in [0.15, 0.2) is 11.5 Å². The van der Waals surface area contributed by atoms with E-state index < -0.39 is 0 Å². The summed E-state index contributed by atoms with van der Waals surface area (Å²) in [6.07, 6.45) is 0. The molecule has 0 aromatic heterocycles. The van der Waals surface area contributed by atoms with Crippen molar-refractivity contribution in [3.63, 3.8) is 0 Å². The monoisotopic (exact) mass is 213 g/mol. The van der Waals surface area contributed by atoms with Crippen LogP contribution in [0.3, 0.4) is 0 Å². The summed E-state index contributed by atoms with van der Waals surface area (Å²) in [5.41, 5.74) is 2.11. The predicted octanol–water partition coefficient (Wildman–Crippen LogP) is 3.17. The van der Waals surface area contributed by atoms with Crippen molar-refractivity contribution in [2.24, 2.45) is 0 Å². The molecule has 0 atom stereocenters. The van der Waals surface area contributed by atoms with Gasteiger partial charge in [0.05, 0.1) is 14.2 Å². The molecule has 2 nitrogen and oxygen atoms in total. The summed E-state index contributed by atoms with van der Waals surface area (Å²) in [4.78, 5) is 0. The molecule has 2 heteroatoms. The Balaban J connectivity index is 2.44. The van der Waals surface area contributed by atoms with Crippen LogP contribution < -0.4 is 9.47 Å². The quantitative estimate of drug-likeness (QED) is 0.779. The van der Waals surface area contributed by atoms with Crippen molar-refractivity contribution in [1.29, 1.82) is 0 Å². The van der Waals surface area contributed by atoms with Crippen LogP contribution in [0.25, 0.3) is 11.1 Å². The van der Waals surface area contributed by atoms with E-state index >= 15 is 0 Å². The van der Waals surface area contributed by atoms with E-state index in [2.05, 4.69) is 6.07 Å². The second-order valence-electron chi connectivity index (χ2n) is 3.35. The molecule has 0 bridgehead atoms. The van der Waals surface area contributed by atoms with Gasteiger partial charge in [-0.3, -0.25) is 0 Å². The third-order valence-electron chi connectivity index (χ3n) is 2.40. The molecule has 0 saturated carbocycles. The SMILES string of the molecule is COc1ccc(-c2[c]cccc2)cc1OC. The van der Waals surface area contributed by atoms with Gasteiger partial charge in [-0.2, -0.15) is 0 Å². The first-order valence-corrected chi connectivity index (χ1v) is 5.04. The molecule has 0 saturated heterocycles. The Morgan fingerprint density at radius 3 is 2.38 bits per heavy atom. The van der Waals surface area contributed by atoms with Crippen molar-refractivity contribution < 1.29 is 9.47 Å². The van der Waals surface area contributed by atoms with Crippen LogP contribution in [0.15, 0.2) is 42.5 Å². The fourth-order valence-electron chi connectivity index (χ4n) is 1.58. The Hall–Kier alpha value is -1.96. The molecule has 0 aliphatic rings. The van der Waals surface area contributed by atoms with Crippen LogP contribution in [0, 0.1) is 6.07 Å². The molecular formula is C14H13O2. The zero-order valence-electron chi connectivity index (χ0n) is 9.36. The molecule has 0 amide bonds. The van der Waals surface area contributed by atoms with Crippen LogP contribution in [0.1, 0.15) is 0 Å². The van der Waals surface area contributed by atoms with Crippen LogP contribution in [-0.4, -0.2) is 14.2 Å².